The number of likely N-dealkylation sites (N-methyl/N-ethyl adjacent to an activating group) is 1. The van der Waals surface area contributed by atoms with E-state index >= 15 is 0 Å². The molecule has 0 aliphatic carbocycles. The normalized spacial score (nSPS) is 24.5. The zero-order chi connectivity index (χ0) is 35.7. The van der Waals surface area contributed by atoms with Crippen LogP contribution in [0.15, 0.2) is 6.07 Å². The summed E-state index contributed by atoms with van der Waals surface area (Å²) in [6, 6.07) is 0.168. The van der Waals surface area contributed by atoms with Crippen molar-refractivity contribution in [1.29, 1.82) is 5.26 Å². The Bertz CT molecular complexity index is 1790. The van der Waals surface area contributed by atoms with Crippen molar-refractivity contribution in [3.05, 3.63) is 45.0 Å². The molecule has 3 N–H and O–H groups in total. The molecule has 2 bridgehead atoms. The minimum Gasteiger partial charge on any atom is -0.507 e. The maximum Gasteiger partial charge on any atom is 0.471 e. The highest BCUT2D eigenvalue weighted by Crippen LogP contribution is 2.57. The lowest BCUT2D eigenvalue weighted by atomic mass is 9.71. The van der Waals surface area contributed by atoms with Crippen molar-refractivity contribution in [1.82, 2.24) is 20.4 Å². The van der Waals surface area contributed by atoms with Gasteiger partial charge in [0.15, 0.2) is 11.5 Å². The van der Waals surface area contributed by atoms with E-state index in [9.17, 15) is 37.9 Å². The van der Waals surface area contributed by atoms with E-state index in [1.807, 2.05) is 25.8 Å². The van der Waals surface area contributed by atoms with Crippen molar-refractivity contribution in [2.24, 2.45) is 0 Å². The van der Waals surface area contributed by atoms with Crippen LogP contribution in [0.4, 0.5) is 13.2 Å². The number of amides is 2. The van der Waals surface area contributed by atoms with Crippen molar-refractivity contribution >= 4 is 17.8 Å². The summed E-state index contributed by atoms with van der Waals surface area (Å²) in [5.41, 5.74) is 4.98. The van der Waals surface area contributed by atoms with Crippen molar-refractivity contribution in [2.45, 2.75) is 96.3 Å². The van der Waals surface area contributed by atoms with Crippen LogP contribution in [0.3, 0.4) is 0 Å². The molecule has 0 radical (unpaired) electrons. The van der Waals surface area contributed by atoms with E-state index < -0.39 is 54.2 Å². The number of carbonyl (C=O) groups excluding carboxylic acids is 3. The number of alkyl halides is 3. The summed E-state index contributed by atoms with van der Waals surface area (Å²) in [4.78, 5) is 41.5. The zero-order valence-corrected chi connectivity index (χ0v) is 27.9. The first-order valence-corrected chi connectivity index (χ1v) is 16.1. The molecular weight excluding hydrogens is 647 g/mol. The average Bonchev–Trinajstić information content (AvgIpc) is 3.54. The molecule has 6 atom stereocenters. The highest BCUT2D eigenvalue weighted by atomic mass is 19.4. The standard InChI is InChI=1S/C34H38F3N5O7/c1-7-24(43)49-29-15(3)14(2)8-18-9-20-22(11-38)42-21(27(25(18)29)41(20)6)10-19-26(31-30(47-13-48-31)16(4)28(19)44)23(42)12-39-32(45)17(5)40-33(46)34(35,36)37/h8,17,20-23,27,44H,7,9-10,12-13H2,1-6H3,(H,39,45)(H,40,46)/t17-,20-,21?,22-,23-,27-/m0/s1. The molecule has 2 amide bonds. The van der Waals surface area contributed by atoms with E-state index in [2.05, 4.69) is 22.4 Å². The molecule has 15 heteroatoms. The average molecular weight is 686 g/mol. The van der Waals surface area contributed by atoms with Gasteiger partial charge in [0, 0.05) is 47.3 Å². The van der Waals surface area contributed by atoms with Crippen molar-refractivity contribution < 1.29 is 46.9 Å². The number of fused-ring (bicyclic) bond motifs is 9. The van der Waals surface area contributed by atoms with Crippen molar-refractivity contribution in [2.75, 3.05) is 20.4 Å². The minimum atomic E-state index is -5.17. The van der Waals surface area contributed by atoms with E-state index in [0.717, 1.165) is 29.2 Å². The molecule has 2 aromatic rings. The van der Waals surface area contributed by atoms with Crippen LogP contribution in [0.25, 0.3) is 0 Å². The number of esters is 1. The highest BCUT2D eigenvalue weighted by molar-refractivity contribution is 5.89. The van der Waals surface area contributed by atoms with Crippen LogP contribution in [0, 0.1) is 32.1 Å². The van der Waals surface area contributed by atoms with Crippen molar-refractivity contribution in [3.63, 3.8) is 0 Å². The Balaban J connectivity index is 1.49. The number of nitrogens with one attached hydrogen (secondary N) is 2. The van der Waals surface area contributed by atoms with E-state index in [1.54, 1.807) is 19.2 Å². The Morgan fingerprint density at radius 1 is 1.12 bits per heavy atom. The zero-order valence-electron chi connectivity index (χ0n) is 27.9. The number of phenols is 1. The molecule has 49 heavy (non-hydrogen) atoms. The minimum absolute atomic E-state index is 0.0342. The van der Waals surface area contributed by atoms with Gasteiger partial charge in [-0.25, -0.2) is 0 Å². The van der Waals surface area contributed by atoms with Gasteiger partial charge in [0.1, 0.15) is 23.6 Å². The molecular formula is C34H38F3N5O7. The Morgan fingerprint density at radius 3 is 2.47 bits per heavy atom. The maximum absolute atomic E-state index is 13.1. The largest absolute Gasteiger partial charge is 0.507 e. The molecule has 262 valence electrons. The molecule has 4 heterocycles. The number of halogens is 3. The van der Waals surface area contributed by atoms with Gasteiger partial charge >= 0.3 is 18.1 Å². The molecule has 1 fully saturated rings. The number of benzene rings is 2. The molecule has 4 aliphatic heterocycles. The summed E-state index contributed by atoms with van der Waals surface area (Å²) in [7, 11) is 1.92. The van der Waals surface area contributed by atoms with E-state index in [4.69, 9.17) is 14.2 Å². The van der Waals surface area contributed by atoms with Gasteiger partial charge in [-0.3, -0.25) is 24.2 Å². The summed E-state index contributed by atoms with van der Waals surface area (Å²) < 4.78 is 56.4. The fourth-order valence-electron chi connectivity index (χ4n) is 7.90. The lowest BCUT2D eigenvalue weighted by Gasteiger charge is -2.60. The highest BCUT2D eigenvalue weighted by Gasteiger charge is 2.57. The molecule has 1 saturated heterocycles. The molecule has 4 aliphatic rings. The van der Waals surface area contributed by atoms with Gasteiger partial charge in [-0.05, 0) is 64.3 Å². The Kier molecular flexibility index (Phi) is 8.69. The second-order valence-electron chi connectivity index (χ2n) is 13.1. The number of phenolic OH excluding ortho intramolecular Hbond substituents is 1. The first kappa shape index (κ1) is 34.3. The summed E-state index contributed by atoms with van der Waals surface area (Å²) in [6.45, 7) is 8.06. The van der Waals surface area contributed by atoms with E-state index in [0.29, 0.717) is 40.4 Å². The third-order valence-electron chi connectivity index (χ3n) is 10.4. The topological polar surface area (TPSA) is 153 Å². The summed E-state index contributed by atoms with van der Waals surface area (Å²) in [5.74, 6) is -2.42. The smallest absolute Gasteiger partial charge is 0.471 e. The second kappa shape index (κ2) is 12.4. The molecule has 12 nitrogen and oxygen atoms in total. The number of nitriles is 1. The van der Waals surface area contributed by atoms with Gasteiger partial charge in [0.05, 0.1) is 18.2 Å². The number of hydrogen-bond donors (Lipinski definition) is 3. The number of aromatic hydroxyl groups is 1. The summed E-state index contributed by atoms with van der Waals surface area (Å²) in [6.07, 6.45) is -4.32. The fraction of sp³-hybridized carbons (Fsp3) is 0.529. The van der Waals surface area contributed by atoms with Gasteiger partial charge in [-0.2, -0.15) is 18.4 Å². The van der Waals surface area contributed by atoms with Gasteiger partial charge in [-0.15, -0.1) is 0 Å². The molecule has 0 saturated carbocycles. The van der Waals surface area contributed by atoms with Gasteiger partial charge in [0.25, 0.3) is 0 Å². The first-order valence-electron chi connectivity index (χ1n) is 16.1. The van der Waals surface area contributed by atoms with E-state index in [1.165, 1.54) is 0 Å². The Hall–Kier alpha value is -4.55. The number of hydrogen-bond acceptors (Lipinski definition) is 10. The second-order valence-corrected chi connectivity index (χ2v) is 13.1. The SMILES string of the molecule is CCC(=O)Oc1c(C)c(C)cc2c1[C@@H]1C3Cc4c(O)c(C)c5c(c4[C@H](CNC(=O)[C@H](C)NC(=O)C(F)(F)F)N3[C@@H](C#N)[C@H](C2)N1C)OCO5. The molecule has 1 unspecified atom stereocenters. The quantitative estimate of drug-likeness (QED) is 0.305. The van der Waals surface area contributed by atoms with Crippen molar-refractivity contribution in [3.8, 4) is 29.1 Å². The number of aryl methyl sites for hydroxylation is 1. The molecule has 0 aromatic heterocycles. The lowest BCUT2D eigenvalue weighted by molar-refractivity contribution is -0.174. The van der Waals surface area contributed by atoms with Crippen LogP contribution in [0.2, 0.25) is 0 Å². The number of carbonyl (C=O) groups is 3. The Labute approximate surface area is 281 Å². The monoisotopic (exact) mass is 685 g/mol. The third kappa shape index (κ3) is 5.51. The van der Waals surface area contributed by atoms with Gasteiger partial charge in [0.2, 0.25) is 12.7 Å². The molecule has 6 rings (SSSR count). The van der Waals surface area contributed by atoms with Crippen LogP contribution in [-0.4, -0.2) is 83.4 Å². The predicted octanol–water partition coefficient (Wildman–Crippen LogP) is 3.32. The van der Waals surface area contributed by atoms with Gasteiger partial charge in [-0.1, -0.05) is 13.0 Å². The van der Waals surface area contributed by atoms with Crippen LogP contribution < -0.4 is 24.8 Å². The van der Waals surface area contributed by atoms with E-state index in [-0.39, 0.29) is 38.0 Å². The Morgan fingerprint density at radius 2 is 1.82 bits per heavy atom. The van der Waals surface area contributed by atoms with Crippen LogP contribution in [0.5, 0.6) is 23.0 Å². The lowest BCUT2D eigenvalue weighted by Crippen LogP contribution is -2.69. The number of piperazine rings is 1. The number of ether oxygens (including phenoxy) is 3. The molecule has 0 spiro atoms. The number of rotatable bonds is 6. The van der Waals surface area contributed by atoms with Crippen LogP contribution in [-0.2, 0) is 27.2 Å². The van der Waals surface area contributed by atoms with Gasteiger partial charge < -0.3 is 30.0 Å². The predicted molar refractivity (Wildman–Crippen MR) is 167 cm³/mol. The van der Waals surface area contributed by atoms with Crippen LogP contribution >= 0.6 is 0 Å². The summed E-state index contributed by atoms with van der Waals surface area (Å²) >= 11 is 0. The van der Waals surface area contributed by atoms with Crippen LogP contribution in [0.1, 0.15) is 71.3 Å². The number of nitrogens with zero attached hydrogens (tertiary/aromatic N) is 3. The molecule has 2 aromatic carbocycles. The fourth-order valence-corrected chi connectivity index (χ4v) is 7.90. The summed E-state index contributed by atoms with van der Waals surface area (Å²) in [5, 5.41) is 26.7. The third-order valence-corrected chi connectivity index (χ3v) is 10.4. The first-order chi connectivity index (χ1) is 23.1. The maximum atomic E-state index is 13.1.